The van der Waals surface area contributed by atoms with Gasteiger partial charge in [0, 0.05) is 36.2 Å². The molecule has 0 radical (unpaired) electrons. The molecule has 0 unspecified atom stereocenters. The molecule has 0 aromatic heterocycles. The molecule has 2 saturated carbocycles. The number of nitrogens with zero attached hydrogens (tertiary/aromatic N) is 2. The van der Waals surface area contributed by atoms with Gasteiger partial charge in [0.2, 0.25) is 21.8 Å². The maximum absolute atomic E-state index is 14.5. The highest BCUT2D eigenvalue weighted by molar-refractivity contribution is 7.91. The summed E-state index contributed by atoms with van der Waals surface area (Å²) in [6, 6.07) is 7.77. The Morgan fingerprint density at radius 3 is 2.61 bits per heavy atom. The molecule has 304 valence electrons. The number of benzene rings is 2. The first-order valence-electron chi connectivity index (χ1n) is 18.8. The van der Waals surface area contributed by atoms with Gasteiger partial charge in [-0.3, -0.25) is 23.9 Å². The van der Waals surface area contributed by atoms with Gasteiger partial charge in [-0.1, -0.05) is 43.2 Å². The number of amides is 3. The number of hydrogen-bond acceptors (Lipinski definition) is 10. The van der Waals surface area contributed by atoms with Crippen LogP contribution >= 0.6 is 0 Å². The molecule has 5 aliphatic rings. The van der Waals surface area contributed by atoms with Crippen molar-refractivity contribution in [3.05, 3.63) is 71.6 Å². The smallest absolute Gasteiger partial charge is 0.406 e. The minimum atomic E-state index is -4.93. The van der Waals surface area contributed by atoms with E-state index in [9.17, 15) is 40.4 Å². The topological polar surface area (TPSA) is 156 Å². The molecular formula is C38H45F4N5O8S. The van der Waals surface area contributed by atoms with Gasteiger partial charge in [-0.05, 0) is 69.2 Å². The molecule has 56 heavy (non-hydrogen) atoms. The summed E-state index contributed by atoms with van der Waals surface area (Å²) < 4.78 is 90.8. The van der Waals surface area contributed by atoms with E-state index in [1.165, 1.54) is 28.2 Å². The van der Waals surface area contributed by atoms with Crippen LogP contribution in [0.5, 0.6) is 5.75 Å². The van der Waals surface area contributed by atoms with Crippen LogP contribution in [0, 0.1) is 11.7 Å². The second-order valence-electron chi connectivity index (χ2n) is 15.4. The Labute approximate surface area is 322 Å². The number of halogens is 4. The van der Waals surface area contributed by atoms with E-state index in [0.717, 1.165) is 24.1 Å². The highest BCUT2D eigenvalue weighted by atomic mass is 32.2. The Morgan fingerprint density at radius 2 is 1.86 bits per heavy atom. The number of carbonyl (C=O) groups is 3. The van der Waals surface area contributed by atoms with E-state index < -0.39 is 74.2 Å². The van der Waals surface area contributed by atoms with E-state index in [1.807, 2.05) is 12.2 Å². The molecular weight excluding hydrogens is 763 g/mol. The fourth-order valence-electron chi connectivity index (χ4n) is 7.61. The zero-order valence-electron chi connectivity index (χ0n) is 30.8. The standard InChI is InChI=1S/C38H45F4N5O8S/c1-36(15-16-36)56(51,52)45-35(50)37-19-25(37)10-5-3-2-4-6-14-31(43-26-11-8-12-27(17-26)55-38(40,41)42)34(49)47-21-28(18-32(47)33(48)44-37)53-23-54-46-20-24-9-7-13-30(39)29(24)22-46/h5,7-13,17,25,28,31-32,43H,2-4,6,14-16,18-23H2,1H3,(H,44,48)(H,45,50)/b10-5-/t25-,28+,31-,32-,37+/m0/s1. The number of allylic oxidation sites excluding steroid dienone is 1. The number of sulfonamides is 1. The Kier molecular flexibility index (Phi) is 11.1. The Balaban J connectivity index is 1.12. The van der Waals surface area contributed by atoms with Gasteiger partial charge >= 0.3 is 6.36 Å². The third-order valence-electron chi connectivity index (χ3n) is 11.3. The lowest BCUT2D eigenvalue weighted by Crippen LogP contribution is -2.58. The average Bonchev–Trinajstić information content (AvgIpc) is 3.93. The van der Waals surface area contributed by atoms with Crippen molar-refractivity contribution in [3.8, 4) is 5.75 Å². The lowest BCUT2D eigenvalue weighted by atomic mass is 10.0. The van der Waals surface area contributed by atoms with Crippen LogP contribution in [0.15, 0.2) is 54.6 Å². The molecule has 2 aromatic carbocycles. The summed E-state index contributed by atoms with van der Waals surface area (Å²) in [5.74, 6) is -3.37. The van der Waals surface area contributed by atoms with Crippen LogP contribution in [0.4, 0.5) is 23.2 Å². The number of carbonyl (C=O) groups excluding carboxylic acids is 3. The summed E-state index contributed by atoms with van der Waals surface area (Å²) in [6.45, 7) is 1.73. The maximum Gasteiger partial charge on any atom is 0.573 e. The van der Waals surface area contributed by atoms with Crippen LogP contribution in [-0.4, -0.2) is 84.3 Å². The number of alkyl halides is 3. The van der Waals surface area contributed by atoms with Crippen molar-refractivity contribution in [1.82, 2.24) is 20.0 Å². The summed E-state index contributed by atoms with van der Waals surface area (Å²) in [5.41, 5.74) is -0.0871. The van der Waals surface area contributed by atoms with Gasteiger partial charge in [0.15, 0.2) is 6.79 Å². The van der Waals surface area contributed by atoms with Crippen LogP contribution in [0.1, 0.15) is 75.8 Å². The first-order chi connectivity index (χ1) is 26.6. The molecule has 3 fully saturated rings. The van der Waals surface area contributed by atoms with E-state index in [4.69, 9.17) is 9.57 Å². The van der Waals surface area contributed by atoms with Gasteiger partial charge in [0.05, 0.1) is 23.9 Å². The highest BCUT2D eigenvalue weighted by Crippen LogP contribution is 2.47. The largest absolute Gasteiger partial charge is 0.573 e. The van der Waals surface area contributed by atoms with Gasteiger partial charge in [0.25, 0.3) is 5.91 Å². The van der Waals surface area contributed by atoms with Crippen LogP contribution in [0.25, 0.3) is 0 Å². The van der Waals surface area contributed by atoms with Crippen LogP contribution in [0.2, 0.25) is 0 Å². The summed E-state index contributed by atoms with van der Waals surface area (Å²) >= 11 is 0. The predicted molar refractivity (Wildman–Crippen MR) is 193 cm³/mol. The highest BCUT2D eigenvalue weighted by Gasteiger charge is 2.63. The number of hydroxylamine groups is 2. The molecule has 13 nitrogen and oxygen atoms in total. The minimum absolute atomic E-state index is 0.00795. The third-order valence-corrected chi connectivity index (χ3v) is 13.5. The molecule has 3 aliphatic heterocycles. The molecule has 3 heterocycles. The molecule has 18 heteroatoms. The summed E-state index contributed by atoms with van der Waals surface area (Å²) in [4.78, 5) is 49.7. The second-order valence-corrected chi connectivity index (χ2v) is 17.6. The fourth-order valence-corrected chi connectivity index (χ4v) is 8.92. The second kappa shape index (κ2) is 15.6. The molecule has 1 saturated heterocycles. The summed E-state index contributed by atoms with van der Waals surface area (Å²) in [6.07, 6.45) is 1.93. The minimum Gasteiger partial charge on any atom is -0.406 e. The maximum atomic E-state index is 14.5. The lowest BCUT2D eigenvalue weighted by Gasteiger charge is -2.30. The zero-order valence-corrected chi connectivity index (χ0v) is 31.6. The van der Waals surface area contributed by atoms with Crippen molar-refractivity contribution in [3.63, 3.8) is 0 Å². The Morgan fingerprint density at radius 1 is 1.07 bits per heavy atom. The molecule has 3 N–H and O–H groups in total. The van der Waals surface area contributed by atoms with Gasteiger partial charge in [-0.2, -0.15) is 5.06 Å². The molecule has 5 atom stereocenters. The molecule has 2 aromatic rings. The Hall–Kier alpha value is -4.26. The molecule has 7 rings (SSSR count). The van der Waals surface area contributed by atoms with Crippen LogP contribution in [0.3, 0.4) is 0 Å². The first-order valence-corrected chi connectivity index (χ1v) is 20.3. The van der Waals surface area contributed by atoms with Crippen LogP contribution in [-0.2, 0) is 47.1 Å². The third kappa shape index (κ3) is 8.82. The van der Waals surface area contributed by atoms with E-state index in [1.54, 1.807) is 19.1 Å². The van der Waals surface area contributed by atoms with E-state index in [2.05, 4.69) is 20.1 Å². The van der Waals surface area contributed by atoms with Crippen molar-refractivity contribution in [2.75, 3.05) is 18.7 Å². The lowest BCUT2D eigenvalue weighted by molar-refractivity contribution is -0.274. The number of nitrogens with one attached hydrogen (secondary N) is 3. The number of ether oxygens (including phenoxy) is 2. The van der Waals surface area contributed by atoms with Crippen molar-refractivity contribution in [2.45, 2.75) is 113 Å². The van der Waals surface area contributed by atoms with Crippen molar-refractivity contribution in [2.24, 2.45) is 5.92 Å². The number of anilines is 1. The van der Waals surface area contributed by atoms with Crippen molar-refractivity contribution >= 4 is 33.4 Å². The van der Waals surface area contributed by atoms with Gasteiger partial charge in [0.1, 0.15) is 29.2 Å². The number of rotatable bonds is 10. The predicted octanol–water partition coefficient (Wildman–Crippen LogP) is 4.79. The van der Waals surface area contributed by atoms with Gasteiger partial charge in [-0.15, -0.1) is 13.2 Å². The quantitative estimate of drug-likeness (QED) is 0.174. The SMILES string of the molecule is CC1(S(=O)(=O)NC(=O)[C@@]23C[C@@H]2/C=C\CCCCC[C@H](Nc2cccc(OC(F)(F)F)c2)C(=O)N2C[C@H](OCON4Cc5cccc(F)c5C4)C[C@H]2C(=O)N3)CC1. The van der Waals surface area contributed by atoms with Crippen molar-refractivity contribution < 1.29 is 54.7 Å². The average molecular weight is 808 g/mol. The van der Waals surface area contributed by atoms with Crippen molar-refractivity contribution in [1.29, 1.82) is 0 Å². The first kappa shape index (κ1) is 40.0. The van der Waals surface area contributed by atoms with Gasteiger partial charge in [-0.25, -0.2) is 12.8 Å². The molecule has 0 spiro atoms. The molecule has 3 amide bonds. The number of fused-ring (bicyclic) bond motifs is 3. The molecule has 0 bridgehead atoms. The van der Waals surface area contributed by atoms with E-state index in [0.29, 0.717) is 44.2 Å². The summed E-state index contributed by atoms with van der Waals surface area (Å²) in [7, 11) is -4.03. The fraction of sp³-hybridized carbons (Fsp3) is 0.553. The monoisotopic (exact) mass is 807 g/mol. The Bertz CT molecular complexity index is 1980. The van der Waals surface area contributed by atoms with E-state index >= 15 is 0 Å². The normalized spacial score (nSPS) is 28.5. The molecule has 2 aliphatic carbocycles. The van der Waals surface area contributed by atoms with E-state index in [-0.39, 0.29) is 50.6 Å². The van der Waals surface area contributed by atoms with Crippen LogP contribution < -0.4 is 20.1 Å². The van der Waals surface area contributed by atoms with Gasteiger partial charge < -0.3 is 25.0 Å². The zero-order chi connectivity index (χ0) is 39.9. The summed E-state index contributed by atoms with van der Waals surface area (Å²) in [5, 5.41) is 7.41. The number of hydrogen-bond donors (Lipinski definition) is 3.